The van der Waals surface area contributed by atoms with Gasteiger partial charge < -0.3 is 14.8 Å². The molecule has 3 aromatic carbocycles. The number of nitrogens with one attached hydrogen (secondary N) is 1. The van der Waals surface area contributed by atoms with Crippen LogP contribution < -0.4 is 10.1 Å². The summed E-state index contributed by atoms with van der Waals surface area (Å²) in [4.78, 5) is 14.5. The molecule has 5 nitrogen and oxygen atoms in total. The number of carbonyl (C=O) groups excluding carboxylic acids is 1. The van der Waals surface area contributed by atoms with Gasteiger partial charge in [-0.15, -0.1) is 0 Å². The van der Waals surface area contributed by atoms with Crippen molar-refractivity contribution in [2.24, 2.45) is 0 Å². The lowest BCUT2D eigenvalue weighted by Gasteiger charge is -2.26. The normalized spacial score (nSPS) is 14.1. The Morgan fingerprint density at radius 2 is 1.76 bits per heavy atom. The molecule has 0 spiro atoms. The van der Waals surface area contributed by atoms with Gasteiger partial charge in [0.25, 0.3) is 0 Å². The number of benzene rings is 3. The van der Waals surface area contributed by atoms with Crippen molar-refractivity contribution in [2.75, 3.05) is 39.5 Å². The average molecular weight is 467 g/mol. The van der Waals surface area contributed by atoms with Gasteiger partial charge in [0.1, 0.15) is 24.0 Å². The van der Waals surface area contributed by atoms with Gasteiger partial charge in [-0.25, -0.2) is 8.78 Å². The number of nitrogens with zero attached hydrogens (tertiary/aromatic N) is 1. The van der Waals surface area contributed by atoms with Crippen molar-refractivity contribution in [3.8, 4) is 16.9 Å². The zero-order valence-corrected chi connectivity index (χ0v) is 18.9. The summed E-state index contributed by atoms with van der Waals surface area (Å²) < 4.78 is 39.0. The number of rotatable bonds is 9. The number of hydrogen-bond donors (Lipinski definition) is 1. The molecule has 178 valence electrons. The standard InChI is InChI=1S/C27H28F2N2O3/c28-23-3-1-2-21(16-23)19-30-27(32)17-20-4-6-22(7-5-20)25-9-8-24(18-26(25)29)34-15-12-31-10-13-33-14-11-31/h1-9,16,18H,10-15,17,19H2,(H,30,32). The molecule has 0 unspecified atom stereocenters. The van der Waals surface area contributed by atoms with Crippen molar-refractivity contribution in [1.82, 2.24) is 10.2 Å². The van der Waals surface area contributed by atoms with E-state index in [4.69, 9.17) is 9.47 Å². The molecule has 1 saturated heterocycles. The molecule has 0 atom stereocenters. The molecule has 1 aliphatic heterocycles. The molecule has 34 heavy (non-hydrogen) atoms. The van der Waals surface area contributed by atoms with Crippen LogP contribution in [0.1, 0.15) is 11.1 Å². The summed E-state index contributed by atoms with van der Waals surface area (Å²) in [6.07, 6.45) is 0.188. The molecule has 1 amide bonds. The van der Waals surface area contributed by atoms with Gasteiger partial charge in [-0.1, -0.05) is 36.4 Å². The molecule has 7 heteroatoms. The lowest BCUT2D eigenvalue weighted by atomic mass is 10.0. The fraction of sp³-hybridized carbons (Fsp3) is 0.296. The maximum Gasteiger partial charge on any atom is 0.224 e. The van der Waals surface area contributed by atoms with Gasteiger partial charge >= 0.3 is 0 Å². The minimum atomic E-state index is -0.357. The highest BCUT2D eigenvalue weighted by Crippen LogP contribution is 2.26. The topological polar surface area (TPSA) is 50.8 Å². The van der Waals surface area contributed by atoms with Crippen LogP contribution in [0.3, 0.4) is 0 Å². The Hall–Kier alpha value is -3.29. The van der Waals surface area contributed by atoms with Crippen molar-refractivity contribution < 1.29 is 23.0 Å². The third-order valence-corrected chi connectivity index (χ3v) is 5.73. The van der Waals surface area contributed by atoms with Gasteiger partial charge in [-0.05, 0) is 41.0 Å². The Bertz CT molecular complexity index is 1100. The van der Waals surface area contributed by atoms with Gasteiger partial charge in [-0.2, -0.15) is 0 Å². The van der Waals surface area contributed by atoms with E-state index < -0.39 is 0 Å². The Kier molecular flexibility index (Phi) is 8.22. The van der Waals surface area contributed by atoms with Crippen molar-refractivity contribution in [3.05, 3.63) is 89.5 Å². The number of ether oxygens (including phenoxy) is 2. The molecule has 1 aliphatic rings. The van der Waals surface area contributed by atoms with E-state index in [2.05, 4.69) is 10.2 Å². The summed E-state index contributed by atoms with van der Waals surface area (Å²) in [6.45, 7) is 4.80. The maximum atomic E-state index is 14.7. The van der Waals surface area contributed by atoms with E-state index in [1.54, 1.807) is 36.4 Å². The molecule has 1 N–H and O–H groups in total. The van der Waals surface area contributed by atoms with Gasteiger partial charge in [-0.3, -0.25) is 9.69 Å². The van der Waals surface area contributed by atoms with Crippen LogP contribution in [-0.2, 0) is 22.5 Å². The fourth-order valence-corrected chi connectivity index (χ4v) is 3.83. The molecule has 0 radical (unpaired) electrons. The predicted molar refractivity (Wildman–Crippen MR) is 127 cm³/mol. The molecule has 0 saturated carbocycles. The predicted octanol–water partition coefficient (Wildman–Crippen LogP) is 4.20. The van der Waals surface area contributed by atoms with Crippen LogP contribution in [0, 0.1) is 11.6 Å². The first-order valence-corrected chi connectivity index (χ1v) is 11.4. The summed E-state index contributed by atoms with van der Waals surface area (Å²) in [5, 5.41) is 2.79. The molecule has 1 heterocycles. The summed E-state index contributed by atoms with van der Waals surface area (Å²) >= 11 is 0. The highest BCUT2D eigenvalue weighted by molar-refractivity contribution is 5.79. The van der Waals surface area contributed by atoms with Crippen LogP contribution >= 0.6 is 0 Å². The van der Waals surface area contributed by atoms with Crippen LogP contribution in [0.2, 0.25) is 0 Å². The van der Waals surface area contributed by atoms with Crippen LogP contribution in [0.5, 0.6) is 5.75 Å². The van der Waals surface area contributed by atoms with E-state index in [9.17, 15) is 13.6 Å². The monoisotopic (exact) mass is 466 g/mol. The number of hydrogen-bond acceptors (Lipinski definition) is 4. The van der Waals surface area contributed by atoms with Gasteiger partial charge in [0, 0.05) is 37.8 Å². The average Bonchev–Trinajstić information content (AvgIpc) is 2.84. The van der Waals surface area contributed by atoms with E-state index in [-0.39, 0.29) is 30.5 Å². The first-order chi connectivity index (χ1) is 16.6. The van der Waals surface area contributed by atoms with Crippen molar-refractivity contribution >= 4 is 5.91 Å². The molecule has 0 aromatic heterocycles. The third kappa shape index (κ3) is 6.85. The first-order valence-electron chi connectivity index (χ1n) is 11.4. The molecule has 3 aromatic rings. The molecule has 4 rings (SSSR count). The van der Waals surface area contributed by atoms with E-state index in [0.29, 0.717) is 23.5 Å². The summed E-state index contributed by atoms with van der Waals surface area (Å²) in [6, 6.07) is 18.2. The van der Waals surface area contributed by atoms with Crippen LogP contribution in [0.15, 0.2) is 66.7 Å². The van der Waals surface area contributed by atoms with E-state index in [1.807, 2.05) is 12.1 Å². The van der Waals surface area contributed by atoms with Crippen LogP contribution in [0.25, 0.3) is 11.1 Å². The molecule has 0 aliphatic carbocycles. The van der Waals surface area contributed by atoms with Gasteiger partial charge in [0.05, 0.1) is 19.6 Å². The highest BCUT2D eigenvalue weighted by Gasteiger charge is 2.11. The Morgan fingerprint density at radius 3 is 2.50 bits per heavy atom. The van der Waals surface area contributed by atoms with Crippen LogP contribution in [-0.4, -0.2) is 50.3 Å². The first kappa shape index (κ1) is 23.9. The smallest absolute Gasteiger partial charge is 0.224 e. The minimum absolute atomic E-state index is 0.165. The largest absolute Gasteiger partial charge is 0.492 e. The van der Waals surface area contributed by atoms with Gasteiger partial charge in [0.2, 0.25) is 5.91 Å². The third-order valence-electron chi connectivity index (χ3n) is 5.73. The quantitative estimate of drug-likeness (QED) is 0.514. The summed E-state index contributed by atoms with van der Waals surface area (Å²) in [5.74, 6) is -0.352. The second-order valence-corrected chi connectivity index (χ2v) is 8.22. The lowest BCUT2D eigenvalue weighted by Crippen LogP contribution is -2.38. The highest BCUT2D eigenvalue weighted by atomic mass is 19.1. The van der Waals surface area contributed by atoms with E-state index in [0.717, 1.165) is 44.0 Å². The second kappa shape index (κ2) is 11.7. The minimum Gasteiger partial charge on any atom is -0.492 e. The molecule has 1 fully saturated rings. The molecular formula is C27H28F2N2O3. The lowest BCUT2D eigenvalue weighted by molar-refractivity contribution is -0.120. The molecule has 0 bridgehead atoms. The maximum absolute atomic E-state index is 14.7. The Morgan fingerprint density at radius 1 is 0.971 bits per heavy atom. The zero-order chi connectivity index (χ0) is 23.8. The Labute approximate surface area is 198 Å². The Balaban J connectivity index is 1.28. The van der Waals surface area contributed by atoms with Crippen LogP contribution in [0.4, 0.5) is 8.78 Å². The SMILES string of the molecule is O=C(Cc1ccc(-c2ccc(OCCN3CCOCC3)cc2F)cc1)NCc1cccc(F)c1. The number of amides is 1. The van der Waals surface area contributed by atoms with E-state index in [1.165, 1.54) is 18.2 Å². The number of carbonyl (C=O) groups is 1. The van der Waals surface area contributed by atoms with E-state index >= 15 is 0 Å². The van der Waals surface area contributed by atoms with Crippen molar-refractivity contribution in [3.63, 3.8) is 0 Å². The summed E-state index contributed by atoms with van der Waals surface area (Å²) in [5.41, 5.74) is 2.71. The number of halogens is 2. The second-order valence-electron chi connectivity index (χ2n) is 8.22. The fourth-order valence-electron chi connectivity index (χ4n) is 3.83. The van der Waals surface area contributed by atoms with Gasteiger partial charge in [0.15, 0.2) is 0 Å². The zero-order valence-electron chi connectivity index (χ0n) is 18.9. The van der Waals surface area contributed by atoms with Crippen molar-refractivity contribution in [1.29, 1.82) is 0 Å². The molecular weight excluding hydrogens is 438 g/mol. The summed E-state index contributed by atoms with van der Waals surface area (Å²) in [7, 11) is 0. The van der Waals surface area contributed by atoms with Crippen molar-refractivity contribution in [2.45, 2.75) is 13.0 Å². The number of morpholine rings is 1.